The number of esters is 1. The third-order valence-corrected chi connectivity index (χ3v) is 3.86. The summed E-state index contributed by atoms with van der Waals surface area (Å²) in [5, 5.41) is 3.16. The second-order valence-corrected chi connectivity index (χ2v) is 4.71. The van der Waals surface area contributed by atoms with Crippen molar-refractivity contribution in [2.75, 3.05) is 13.4 Å². The van der Waals surface area contributed by atoms with E-state index in [0.717, 1.165) is 19.3 Å². The van der Waals surface area contributed by atoms with Crippen LogP contribution in [0.4, 0.5) is 0 Å². The number of ether oxygens (including phenoxy) is 1. The van der Waals surface area contributed by atoms with Gasteiger partial charge in [0.05, 0.1) is 7.11 Å². The van der Waals surface area contributed by atoms with Crippen molar-refractivity contribution < 1.29 is 14.3 Å². The maximum Gasteiger partial charge on any atom is 0.396 e. The third-order valence-electron chi connectivity index (χ3n) is 2.69. The average Bonchev–Trinajstić information content (AvgIpc) is 2.28. The Labute approximate surface area is 94.1 Å². The van der Waals surface area contributed by atoms with Gasteiger partial charge in [-0.3, -0.25) is 4.79 Å². The van der Waals surface area contributed by atoms with Gasteiger partial charge in [0.25, 0.3) is 0 Å². The number of methoxy groups -OCH3 is 1. The van der Waals surface area contributed by atoms with Gasteiger partial charge in [0, 0.05) is 11.3 Å². The predicted molar refractivity (Wildman–Crippen MR) is 59.7 cm³/mol. The monoisotopic (exact) mass is 231 g/mol. The van der Waals surface area contributed by atoms with Crippen LogP contribution >= 0.6 is 11.8 Å². The molecular weight excluding hydrogens is 214 g/mol. The van der Waals surface area contributed by atoms with Crippen molar-refractivity contribution in [2.24, 2.45) is 0 Å². The van der Waals surface area contributed by atoms with E-state index in [-0.39, 0.29) is 6.04 Å². The Hall–Kier alpha value is -0.710. The Morgan fingerprint density at radius 3 is 2.60 bits per heavy atom. The summed E-state index contributed by atoms with van der Waals surface area (Å²) in [7, 11) is 1.22. The minimum absolute atomic E-state index is 0.111. The third kappa shape index (κ3) is 3.41. The molecule has 86 valence electrons. The molecule has 0 aromatic carbocycles. The van der Waals surface area contributed by atoms with E-state index in [9.17, 15) is 9.59 Å². The lowest BCUT2D eigenvalue weighted by Crippen LogP contribution is -2.46. The fraction of sp³-hybridized carbons (Fsp3) is 0.800. The lowest BCUT2D eigenvalue weighted by atomic mass is 9.95. The number of carbonyl (C=O) groups is 2. The Kier molecular flexibility index (Phi) is 4.94. The molecule has 1 rings (SSSR count). The van der Waals surface area contributed by atoms with Gasteiger partial charge in [0.2, 0.25) is 0 Å². The first-order chi connectivity index (χ1) is 7.19. The van der Waals surface area contributed by atoms with Gasteiger partial charge >= 0.3 is 11.9 Å². The molecule has 1 N–H and O–H groups in total. The quantitative estimate of drug-likeness (QED) is 0.568. The molecule has 1 amide bonds. The van der Waals surface area contributed by atoms with Crippen molar-refractivity contribution in [3.63, 3.8) is 0 Å². The maximum absolute atomic E-state index is 11.3. The maximum atomic E-state index is 11.3. The molecule has 5 heteroatoms. The molecule has 0 radical (unpaired) electrons. The van der Waals surface area contributed by atoms with Crippen LogP contribution in [0.25, 0.3) is 0 Å². The van der Waals surface area contributed by atoms with Gasteiger partial charge in [-0.2, -0.15) is 11.8 Å². The molecule has 0 aliphatic heterocycles. The number of nitrogens with one attached hydrogen (secondary N) is 1. The minimum Gasteiger partial charge on any atom is -0.462 e. The molecule has 1 saturated carbocycles. The zero-order valence-electron chi connectivity index (χ0n) is 9.12. The first-order valence-electron chi connectivity index (χ1n) is 5.10. The number of hydrogen-bond acceptors (Lipinski definition) is 4. The van der Waals surface area contributed by atoms with Gasteiger partial charge < -0.3 is 10.1 Å². The number of thioether (sulfide) groups is 1. The second kappa shape index (κ2) is 6.00. The molecule has 0 bridgehead atoms. The van der Waals surface area contributed by atoms with Gasteiger partial charge in [0.1, 0.15) is 0 Å². The largest absolute Gasteiger partial charge is 0.462 e. The number of hydrogen-bond donors (Lipinski definition) is 1. The van der Waals surface area contributed by atoms with E-state index in [2.05, 4.69) is 10.1 Å². The second-order valence-electron chi connectivity index (χ2n) is 3.63. The molecule has 2 unspecified atom stereocenters. The van der Waals surface area contributed by atoms with E-state index in [1.807, 2.05) is 6.26 Å². The molecule has 0 aromatic rings. The van der Waals surface area contributed by atoms with Crippen molar-refractivity contribution in [1.82, 2.24) is 5.32 Å². The van der Waals surface area contributed by atoms with Crippen LogP contribution < -0.4 is 5.32 Å². The van der Waals surface area contributed by atoms with Crippen LogP contribution in [0.15, 0.2) is 0 Å². The molecule has 2 atom stereocenters. The average molecular weight is 231 g/mol. The van der Waals surface area contributed by atoms with Crippen LogP contribution in [0.2, 0.25) is 0 Å². The molecule has 0 aromatic heterocycles. The van der Waals surface area contributed by atoms with Crippen molar-refractivity contribution in [3.8, 4) is 0 Å². The van der Waals surface area contributed by atoms with Gasteiger partial charge in [-0.15, -0.1) is 0 Å². The van der Waals surface area contributed by atoms with Crippen LogP contribution in [-0.2, 0) is 14.3 Å². The van der Waals surface area contributed by atoms with Gasteiger partial charge in [0.15, 0.2) is 0 Å². The zero-order chi connectivity index (χ0) is 11.3. The van der Waals surface area contributed by atoms with Crippen molar-refractivity contribution in [2.45, 2.75) is 37.0 Å². The van der Waals surface area contributed by atoms with Crippen LogP contribution in [-0.4, -0.2) is 36.5 Å². The highest BCUT2D eigenvalue weighted by Crippen LogP contribution is 2.26. The molecule has 0 saturated heterocycles. The van der Waals surface area contributed by atoms with E-state index in [4.69, 9.17) is 0 Å². The van der Waals surface area contributed by atoms with E-state index < -0.39 is 11.9 Å². The lowest BCUT2D eigenvalue weighted by molar-refractivity contribution is -0.153. The predicted octanol–water partition coefficient (Wildman–Crippen LogP) is 0.950. The fourth-order valence-corrected chi connectivity index (χ4v) is 2.80. The highest BCUT2D eigenvalue weighted by Gasteiger charge is 2.27. The number of carbonyl (C=O) groups excluding carboxylic acids is 2. The molecule has 0 heterocycles. The van der Waals surface area contributed by atoms with Crippen LogP contribution in [0.5, 0.6) is 0 Å². The summed E-state index contributed by atoms with van der Waals surface area (Å²) in [6, 6.07) is 0.111. The molecule has 15 heavy (non-hydrogen) atoms. The van der Waals surface area contributed by atoms with Crippen LogP contribution in [0.3, 0.4) is 0 Å². The van der Waals surface area contributed by atoms with Gasteiger partial charge in [-0.05, 0) is 19.1 Å². The minimum atomic E-state index is -0.805. The molecule has 1 fully saturated rings. The summed E-state index contributed by atoms with van der Waals surface area (Å²) in [5.41, 5.74) is 0. The van der Waals surface area contributed by atoms with Crippen molar-refractivity contribution in [1.29, 1.82) is 0 Å². The topological polar surface area (TPSA) is 55.4 Å². The summed E-state index contributed by atoms with van der Waals surface area (Å²) in [6.07, 6.45) is 6.41. The first kappa shape index (κ1) is 12.4. The SMILES string of the molecule is COC(=O)C(=O)NC1CCCCC1SC. The van der Waals surface area contributed by atoms with Crippen LogP contribution in [0, 0.1) is 0 Å². The summed E-state index contributed by atoms with van der Waals surface area (Å²) in [4.78, 5) is 22.2. The smallest absolute Gasteiger partial charge is 0.396 e. The lowest BCUT2D eigenvalue weighted by Gasteiger charge is -2.30. The van der Waals surface area contributed by atoms with Crippen molar-refractivity contribution >= 4 is 23.6 Å². The van der Waals surface area contributed by atoms with Crippen LogP contribution in [0.1, 0.15) is 25.7 Å². The van der Waals surface area contributed by atoms with Gasteiger partial charge in [-0.25, -0.2) is 4.79 Å². The highest BCUT2D eigenvalue weighted by molar-refractivity contribution is 7.99. The highest BCUT2D eigenvalue weighted by atomic mass is 32.2. The molecule has 1 aliphatic rings. The first-order valence-corrected chi connectivity index (χ1v) is 6.39. The molecule has 0 spiro atoms. The van der Waals surface area contributed by atoms with E-state index in [0.29, 0.717) is 5.25 Å². The summed E-state index contributed by atoms with van der Waals surface area (Å²) in [6.45, 7) is 0. The molecule has 4 nitrogen and oxygen atoms in total. The Morgan fingerprint density at radius 2 is 2.00 bits per heavy atom. The standard InChI is InChI=1S/C10H17NO3S/c1-14-10(13)9(12)11-7-5-3-4-6-8(7)15-2/h7-8H,3-6H2,1-2H3,(H,11,12). The van der Waals surface area contributed by atoms with E-state index >= 15 is 0 Å². The Balaban J connectivity index is 2.47. The zero-order valence-corrected chi connectivity index (χ0v) is 9.93. The Bertz CT molecular complexity index is 245. The van der Waals surface area contributed by atoms with Crippen molar-refractivity contribution in [3.05, 3.63) is 0 Å². The Morgan fingerprint density at radius 1 is 1.33 bits per heavy atom. The number of rotatable bonds is 2. The summed E-state index contributed by atoms with van der Waals surface area (Å²) in [5.74, 6) is -1.43. The molecule has 1 aliphatic carbocycles. The normalized spacial score (nSPS) is 25.7. The van der Waals surface area contributed by atoms with E-state index in [1.54, 1.807) is 11.8 Å². The fourth-order valence-electron chi connectivity index (χ4n) is 1.86. The number of amides is 1. The summed E-state index contributed by atoms with van der Waals surface area (Å²) < 4.78 is 4.36. The van der Waals surface area contributed by atoms with Gasteiger partial charge in [-0.1, -0.05) is 12.8 Å². The summed E-state index contributed by atoms with van der Waals surface area (Å²) >= 11 is 1.75. The van der Waals surface area contributed by atoms with E-state index in [1.165, 1.54) is 13.5 Å². The molecular formula is C10H17NO3S.